The topological polar surface area (TPSA) is 51.1 Å². The Bertz CT molecular complexity index is 907. The number of rotatable bonds is 2. The minimum Gasteiger partial charge on any atom is -0.372 e. The van der Waals surface area contributed by atoms with Crippen LogP contribution in [0.25, 0.3) is 22.3 Å². The molecule has 128 valence electrons. The molecule has 0 spiro atoms. The molecular formula is C19H19IN4O. The fourth-order valence-corrected chi connectivity index (χ4v) is 3.83. The van der Waals surface area contributed by atoms with E-state index in [1.807, 2.05) is 24.4 Å². The minimum absolute atomic E-state index is 0.208. The first kappa shape index (κ1) is 16.7. The van der Waals surface area contributed by atoms with Gasteiger partial charge in [-0.25, -0.2) is 9.97 Å². The highest BCUT2D eigenvalue weighted by atomic mass is 127. The molecule has 1 fully saturated rings. The van der Waals surface area contributed by atoms with Crippen molar-refractivity contribution in [2.24, 2.45) is 0 Å². The lowest BCUT2D eigenvalue weighted by Crippen LogP contribution is -2.45. The molecule has 0 amide bonds. The van der Waals surface area contributed by atoms with Crippen LogP contribution in [-0.4, -0.2) is 40.2 Å². The van der Waals surface area contributed by atoms with Crippen LogP contribution in [0, 0.1) is 3.57 Å². The zero-order chi connectivity index (χ0) is 17.4. The van der Waals surface area contributed by atoms with Gasteiger partial charge < -0.3 is 9.64 Å². The van der Waals surface area contributed by atoms with Crippen LogP contribution in [0.2, 0.25) is 0 Å². The molecule has 4 rings (SSSR count). The maximum absolute atomic E-state index is 5.84. The number of hydrogen-bond acceptors (Lipinski definition) is 5. The van der Waals surface area contributed by atoms with Gasteiger partial charge in [0.1, 0.15) is 11.5 Å². The summed E-state index contributed by atoms with van der Waals surface area (Å²) in [5.74, 6) is 0.981. The summed E-state index contributed by atoms with van der Waals surface area (Å²) in [4.78, 5) is 16.1. The largest absolute Gasteiger partial charge is 0.372 e. The lowest BCUT2D eigenvalue weighted by molar-refractivity contribution is -0.00545. The van der Waals surface area contributed by atoms with Crippen molar-refractivity contribution in [3.05, 3.63) is 46.3 Å². The van der Waals surface area contributed by atoms with Crippen LogP contribution in [-0.2, 0) is 4.74 Å². The first-order chi connectivity index (χ1) is 12.1. The van der Waals surface area contributed by atoms with E-state index in [0.717, 1.165) is 44.8 Å². The van der Waals surface area contributed by atoms with Crippen LogP contribution in [0.5, 0.6) is 0 Å². The molecule has 1 aliphatic rings. The number of pyridine rings is 3. The fourth-order valence-electron chi connectivity index (χ4n) is 3.25. The van der Waals surface area contributed by atoms with Gasteiger partial charge in [-0.15, -0.1) is 0 Å². The van der Waals surface area contributed by atoms with E-state index < -0.39 is 0 Å². The molecule has 3 aromatic heterocycles. The molecule has 0 aliphatic carbocycles. The third-order valence-corrected chi connectivity index (χ3v) is 5.18. The first-order valence-corrected chi connectivity index (χ1v) is 9.46. The van der Waals surface area contributed by atoms with Crippen molar-refractivity contribution in [3.8, 4) is 11.4 Å². The summed E-state index contributed by atoms with van der Waals surface area (Å²) in [5, 5.41) is 1.04. The van der Waals surface area contributed by atoms with Crippen molar-refractivity contribution in [2.75, 3.05) is 18.0 Å². The molecule has 2 atom stereocenters. The monoisotopic (exact) mass is 446 g/mol. The van der Waals surface area contributed by atoms with Crippen LogP contribution in [0.3, 0.4) is 0 Å². The molecule has 0 aromatic carbocycles. The van der Waals surface area contributed by atoms with Crippen LogP contribution in [0.4, 0.5) is 5.82 Å². The summed E-state index contributed by atoms with van der Waals surface area (Å²) in [6, 6.07) is 10.2. The van der Waals surface area contributed by atoms with E-state index in [9.17, 15) is 0 Å². The minimum atomic E-state index is 0.208. The Hall–Kier alpha value is -1.80. The molecule has 1 saturated heterocycles. The van der Waals surface area contributed by atoms with Crippen molar-refractivity contribution in [3.63, 3.8) is 0 Å². The van der Waals surface area contributed by atoms with Gasteiger partial charge in [-0.1, -0.05) is 0 Å². The second-order valence-corrected chi connectivity index (χ2v) is 7.59. The maximum Gasteiger partial charge on any atom is 0.129 e. The van der Waals surface area contributed by atoms with E-state index in [1.165, 1.54) is 0 Å². The highest BCUT2D eigenvalue weighted by molar-refractivity contribution is 14.1. The number of fused-ring (bicyclic) bond motifs is 1. The number of halogens is 1. The van der Waals surface area contributed by atoms with E-state index in [1.54, 1.807) is 6.20 Å². The van der Waals surface area contributed by atoms with Gasteiger partial charge in [0, 0.05) is 34.4 Å². The number of ether oxygens (including phenoxy) is 1. The van der Waals surface area contributed by atoms with E-state index in [4.69, 9.17) is 14.7 Å². The Labute approximate surface area is 160 Å². The zero-order valence-electron chi connectivity index (χ0n) is 14.2. The smallest absolute Gasteiger partial charge is 0.129 e. The van der Waals surface area contributed by atoms with Gasteiger partial charge in [0.15, 0.2) is 0 Å². The van der Waals surface area contributed by atoms with Gasteiger partial charge in [0.05, 0.1) is 23.4 Å². The van der Waals surface area contributed by atoms with Crippen molar-refractivity contribution in [1.82, 2.24) is 15.0 Å². The fraction of sp³-hybridized carbons (Fsp3) is 0.316. The third kappa shape index (κ3) is 3.46. The number of morpholine rings is 1. The number of aromatic nitrogens is 3. The summed E-state index contributed by atoms with van der Waals surface area (Å²) in [7, 11) is 0. The Kier molecular flexibility index (Phi) is 4.56. The highest BCUT2D eigenvalue weighted by Gasteiger charge is 2.23. The highest BCUT2D eigenvalue weighted by Crippen LogP contribution is 2.27. The van der Waals surface area contributed by atoms with Crippen LogP contribution in [0.1, 0.15) is 13.8 Å². The summed E-state index contributed by atoms with van der Waals surface area (Å²) < 4.78 is 6.93. The van der Waals surface area contributed by atoms with Gasteiger partial charge in [-0.2, -0.15) is 0 Å². The van der Waals surface area contributed by atoms with Gasteiger partial charge in [-0.05, 0) is 66.8 Å². The standard InChI is InChI=1S/C19H19IN4O/c1-12-10-24(11-13(2)25-12)18-6-4-15(20)19(23-18)17-5-3-14-9-21-8-7-16(14)22-17/h3-9,12-13H,10-11H2,1-2H3/t12-,13+. The Morgan fingerprint density at radius 2 is 1.84 bits per heavy atom. The van der Waals surface area contributed by atoms with Crippen molar-refractivity contribution in [1.29, 1.82) is 0 Å². The average molecular weight is 446 g/mol. The second kappa shape index (κ2) is 6.84. The second-order valence-electron chi connectivity index (χ2n) is 6.43. The summed E-state index contributed by atoms with van der Waals surface area (Å²) in [6.45, 7) is 5.92. The first-order valence-electron chi connectivity index (χ1n) is 8.38. The normalized spacial score (nSPS) is 20.8. The molecule has 25 heavy (non-hydrogen) atoms. The van der Waals surface area contributed by atoms with Gasteiger partial charge in [0.2, 0.25) is 0 Å². The zero-order valence-corrected chi connectivity index (χ0v) is 16.3. The number of anilines is 1. The molecule has 5 nitrogen and oxygen atoms in total. The number of hydrogen-bond donors (Lipinski definition) is 0. The van der Waals surface area contributed by atoms with E-state index in [0.29, 0.717) is 0 Å². The molecule has 0 N–H and O–H groups in total. The predicted octanol–water partition coefficient (Wildman–Crippen LogP) is 3.91. The average Bonchev–Trinajstić information content (AvgIpc) is 2.61. The molecular weight excluding hydrogens is 427 g/mol. The summed E-state index contributed by atoms with van der Waals surface area (Å²) in [5.41, 5.74) is 2.74. The summed E-state index contributed by atoms with van der Waals surface area (Å²) >= 11 is 2.33. The Morgan fingerprint density at radius 3 is 2.64 bits per heavy atom. The van der Waals surface area contributed by atoms with E-state index in [2.05, 4.69) is 58.5 Å². The van der Waals surface area contributed by atoms with Gasteiger partial charge >= 0.3 is 0 Å². The predicted molar refractivity (Wildman–Crippen MR) is 108 cm³/mol. The third-order valence-electron chi connectivity index (χ3n) is 4.31. The molecule has 3 aromatic rings. The molecule has 1 aliphatic heterocycles. The van der Waals surface area contributed by atoms with Crippen LogP contribution < -0.4 is 4.90 Å². The summed E-state index contributed by atoms with van der Waals surface area (Å²) in [6.07, 6.45) is 4.01. The van der Waals surface area contributed by atoms with Crippen LogP contribution in [0.15, 0.2) is 42.7 Å². The number of nitrogens with zero attached hydrogens (tertiary/aromatic N) is 4. The maximum atomic E-state index is 5.84. The molecule has 0 bridgehead atoms. The molecule has 4 heterocycles. The van der Waals surface area contributed by atoms with E-state index >= 15 is 0 Å². The Morgan fingerprint density at radius 1 is 1.04 bits per heavy atom. The lowest BCUT2D eigenvalue weighted by Gasteiger charge is -2.36. The van der Waals surface area contributed by atoms with Crippen LogP contribution >= 0.6 is 22.6 Å². The van der Waals surface area contributed by atoms with Crippen molar-refractivity contribution < 1.29 is 4.74 Å². The lowest BCUT2D eigenvalue weighted by atomic mass is 10.2. The molecule has 0 radical (unpaired) electrons. The van der Waals surface area contributed by atoms with Gasteiger partial charge in [-0.3, -0.25) is 4.98 Å². The van der Waals surface area contributed by atoms with Crippen molar-refractivity contribution in [2.45, 2.75) is 26.1 Å². The van der Waals surface area contributed by atoms with Gasteiger partial charge in [0.25, 0.3) is 0 Å². The van der Waals surface area contributed by atoms with Crippen molar-refractivity contribution >= 4 is 39.3 Å². The Balaban J connectivity index is 1.73. The molecule has 0 saturated carbocycles. The molecule has 0 unspecified atom stereocenters. The molecule has 6 heteroatoms. The quantitative estimate of drug-likeness (QED) is 0.559. The van der Waals surface area contributed by atoms with E-state index in [-0.39, 0.29) is 12.2 Å². The SMILES string of the molecule is C[C@@H]1CN(c2ccc(I)c(-c3ccc4cnccc4n3)n2)C[C@H](C)O1.